The lowest BCUT2D eigenvalue weighted by molar-refractivity contribution is 0.515. The zero-order valence-corrected chi connectivity index (χ0v) is 16.8. The van der Waals surface area contributed by atoms with E-state index in [1.165, 1.54) is 16.7 Å². The SMILES string of the molecule is C=CCCc1ccc(C2=NC(c3ccc4c(c3)N=NC4C(C)C)=NC2)cc1C. The Balaban J connectivity index is 1.55. The number of amidine groups is 1. The summed E-state index contributed by atoms with van der Waals surface area (Å²) in [6, 6.07) is 13.0. The Labute approximate surface area is 166 Å². The number of hydrogen-bond acceptors (Lipinski definition) is 4. The normalized spacial score (nSPS) is 17.6. The summed E-state index contributed by atoms with van der Waals surface area (Å²) in [6.07, 6.45) is 4.00. The van der Waals surface area contributed by atoms with Crippen LogP contribution in [0.3, 0.4) is 0 Å². The molecule has 0 aromatic heterocycles. The first-order chi connectivity index (χ1) is 13.6. The number of azo groups is 1. The number of rotatable bonds is 6. The molecule has 0 bridgehead atoms. The van der Waals surface area contributed by atoms with Gasteiger partial charge in [-0.3, -0.25) is 4.99 Å². The average Bonchev–Trinajstić information content (AvgIpc) is 3.33. The molecule has 4 heteroatoms. The summed E-state index contributed by atoms with van der Waals surface area (Å²) in [5.74, 6) is 1.23. The van der Waals surface area contributed by atoms with Gasteiger partial charge in [0, 0.05) is 11.1 Å². The van der Waals surface area contributed by atoms with E-state index in [0.717, 1.165) is 41.2 Å². The van der Waals surface area contributed by atoms with Crippen LogP contribution in [0.25, 0.3) is 0 Å². The molecular formula is C24H26N4. The number of allylic oxidation sites excluding steroid dienone is 1. The molecule has 2 aromatic carbocycles. The smallest absolute Gasteiger partial charge is 0.155 e. The number of nitrogens with zero attached hydrogens (tertiary/aromatic N) is 4. The van der Waals surface area contributed by atoms with Crippen molar-refractivity contribution in [2.75, 3.05) is 6.54 Å². The van der Waals surface area contributed by atoms with Crippen molar-refractivity contribution < 1.29 is 0 Å². The highest BCUT2D eigenvalue weighted by Crippen LogP contribution is 2.40. The Hall–Kier alpha value is -2.88. The van der Waals surface area contributed by atoms with Gasteiger partial charge in [-0.2, -0.15) is 10.2 Å². The van der Waals surface area contributed by atoms with Gasteiger partial charge in [0.15, 0.2) is 5.84 Å². The molecule has 4 nitrogen and oxygen atoms in total. The van der Waals surface area contributed by atoms with Crippen LogP contribution in [0.4, 0.5) is 5.69 Å². The summed E-state index contributed by atoms with van der Waals surface area (Å²) in [7, 11) is 0. The molecule has 0 amide bonds. The van der Waals surface area contributed by atoms with Crippen molar-refractivity contribution in [2.24, 2.45) is 26.1 Å². The van der Waals surface area contributed by atoms with E-state index < -0.39 is 0 Å². The van der Waals surface area contributed by atoms with Gasteiger partial charge in [0.2, 0.25) is 0 Å². The maximum Gasteiger partial charge on any atom is 0.155 e. The molecule has 0 fully saturated rings. The molecule has 0 radical (unpaired) electrons. The van der Waals surface area contributed by atoms with Crippen molar-refractivity contribution >= 4 is 17.2 Å². The predicted molar refractivity (Wildman–Crippen MR) is 116 cm³/mol. The molecule has 142 valence electrons. The van der Waals surface area contributed by atoms with E-state index in [1.54, 1.807) is 0 Å². The molecule has 0 saturated carbocycles. The Morgan fingerprint density at radius 3 is 2.71 bits per heavy atom. The van der Waals surface area contributed by atoms with Gasteiger partial charge in [-0.05, 0) is 54.5 Å². The van der Waals surface area contributed by atoms with Crippen LogP contribution in [0.5, 0.6) is 0 Å². The lowest BCUT2D eigenvalue weighted by Gasteiger charge is -2.11. The predicted octanol–water partition coefficient (Wildman–Crippen LogP) is 6.16. The molecule has 0 aliphatic carbocycles. The molecule has 2 aliphatic heterocycles. The van der Waals surface area contributed by atoms with Gasteiger partial charge in [0.25, 0.3) is 0 Å². The lowest BCUT2D eigenvalue weighted by atomic mass is 9.95. The first-order valence-electron chi connectivity index (χ1n) is 9.95. The largest absolute Gasteiger partial charge is 0.260 e. The summed E-state index contributed by atoms with van der Waals surface area (Å²) in [5, 5.41) is 8.79. The Kier molecular flexibility index (Phi) is 5.03. The number of aliphatic imine (C=N–C) groups is 2. The van der Waals surface area contributed by atoms with Crippen molar-refractivity contribution in [3.05, 3.63) is 76.9 Å². The zero-order valence-electron chi connectivity index (χ0n) is 16.8. The Bertz CT molecular complexity index is 1010. The number of hydrogen-bond donors (Lipinski definition) is 0. The number of fused-ring (bicyclic) bond motifs is 1. The Morgan fingerprint density at radius 1 is 1.14 bits per heavy atom. The molecule has 0 saturated heterocycles. The van der Waals surface area contributed by atoms with Crippen LogP contribution < -0.4 is 0 Å². The third-order valence-electron chi connectivity index (χ3n) is 5.44. The molecular weight excluding hydrogens is 344 g/mol. The van der Waals surface area contributed by atoms with Crippen LogP contribution in [0.2, 0.25) is 0 Å². The minimum Gasteiger partial charge on any atom is -0.260 e. The van der Waals surface area contributed by atoms with Gasteiger partial charge in [-0.1, -0.05) is 44.2 Å². The van der Waals surface area contributed by atoms with Gasteiger partial charge < -0.3 is 0 Å². The fraction of sp³-hybridized carbons (Fsp3) is 0.333. The summed E-state index contributed by atoms with van der Waals surface area (Å²) < 4.78 is 0. The first kappa shape index (κ1) is 18.5. The van der Waals surface area contributed by atoms with Crippen LogP contribution in [-0.4, -0.2) is 18.1 Å². The highest BCUT2D eigenvalue weighted by Gasteiger charge is 2.24. The van der Waals surface area contributed by atoms with Crippen molar-refractivity contribution in [2.45, 2.75) is 39.7 Å². The molecule has 1 unspecified atom stereocenters. The topological polar surface area (TPSA) is 49.4 Å². The van der Waals surface area contributed by atoms with E-state index in [-0.39, 0.29) is 6.04 Å². The van der Waals surface area contributed by atoms with Crippen LogP contribution in [0.15, 0.2) is 69.3 Å². The van der Waals surface area contributed by atoms with E-state index >= 15 is 0 Å². The Morgan fingerprint density at radius 2 is 1.96 bits per heavy atom. The van der Waals surface area contributed by atoms with Gasteiger partial charge in [-0.25, -0.2) is 4.99 Å². The quantitative estimate of drug-likeness (QED) is 0.547. The second-order valence-electron chi connectivity index (χ2n) is 7.84. The third kappa shape index (κ3) is 3.47. The van der Waals surface area contributed by atoms with Crippen LogP contribution in [0, 0.1) is 12.8 Å². The molecule has 4 rings (SSSR count). The fourth-order valence-corrected chi connectivity index (χ4v) is 3.77. The first-order valence-corrected chi connectivity index (χ1v) is 9.95. The maximum absolute atomic E-state index is 4.82. The molecule has 0 spiro atoms. The van der Waals surface area contributed by atoms with Gasteiger partial charge in [0.05, 0.1) is 17.9 Å². The van der Waals surface area contributed by atoms with Crippen molar-refractivity contribution in [1.29, 1.82) is 0 Å². The number of aryl methyl sites for hydroxylation is 2. The second-order valence-corrected chi connectivity index (χ2v) is 7.84. The minimum atomic E-state index is 0.163. The summed E-state index contributed by atoms with van der Waals surface area (Å²) in [4.78, 5) is 9.49. The van der Waals surface area contributed by atoms with E-state index in [4.69, 9.17) is 4.99 Å². The van der Waals surface area contributed by atoms with E-state index in [0.29, 0.717) is 12.5 Å². The van der Waals surface area contributed by atoms with Crippen molar-refractivity contribution in [3.63, 3.8) is 0 Å². The molecule has 1 atom stereocenters. The lowest BCUT2D eigenvalue weighted by Crippen LogP contribution is -2.03. The summed E-state index contributed by atoms with van der Waals surface area (Å²) >= 11 is 0. The fourth-order valence-electron chi connectivity index (χ4n) is 3.77. The maximum atomic E-state index is 4.82. The molecule has 2 aromatic rings. The number of benzene rings is 2. The van der Waals surface area contributed by atoms with E-state index in [9.17, 15) is 0 Å². The van der Waals surface area contributed by atoms with Crippen LogP contribution >= 0.6 is 0 Å². The molecule has 28 heavy (non-hydrogen) atoms. The van der Waals surface area contributed by atoms with E-state index in [1.807, 2.05) is 6.08 Å². The van der Waals surface area contributed by atoms with Crippen molar-refractivity contribution in [1.82, 2.24) is 0 Å². The summed E-state index contributed by atoms with van der Waals surface area (Å²) in [5.41, 5.74) is 8.00. The van der Waals surface area contributed by atoms with Crippen LogP contribution in [-0.2, 0) is 6.42 Å². The molecule has 2 heterocycles. The second kappa shape index (κ2) is 7.63. The van der Waals surface area contributed by atoms with Gasteiger partial charge in [0.1, 0.15) is 6.04 Å². The highest BCUT2D eigenvalue weighted by molar-refractivity contribution is 6.17. The van der Waals surface area contributed by atoms with E-state index in [2.05, 4.69) is 79.0 Å². The summed E-state index contributed by atoms with van der Waals surface area (Å²) in [6.45, 7) is 10.9. The minimum absolute atomic E-state index is 0.163. The average molecular weight is 371 g/mol. The zero-order chi connectivity index (χ0) is 19.7. The standard InChI is InChI=1S/C24H26N4/c1-5-6-7-17-8-9-18(12-16(17)4)22-14-25-24(26-22)19-10-11-20-21(13-19)27-28-23(20)15(2)3/h5,8-13,15,23H,1,6-7,14H2,2-4H3. The monoisotopic (exact) mass is 370 g/mol. The van der Waals surface area contributed by atoms with Gasteiger partial charge >= 0.3 is 0 Å². The highest BCUT2D eigenvalue weighted by atomic mass is 15.2. The van der Waals surface area contributed by atoms with Crippen molar-refractivity contribution in [3.8, 4) is 0 Å². The molecule has 2 aliphatic rings. The molecule has 0 N–H and O–H groups in total. The third-order valence-corrected chi connectivity index (χ3v) is 5.44. The van der Waals surface area contributed by atoms with Gasteiger partial charge in [-0.15, -0.1) is 6.58 Å². The van der Waals surface area contributed by atoms with Crippen LogP contribution in [0.1, 0.15) is 54.1 Å².